The van der Waals surface area contributed by atoms with Crippen molar-refractivity contribution in [1.82, 2.24) is 4.98 Å². The monoisotopic (exact) mass is 355 g/mol. The van der Waals surface area contributed by atoms with E-state index in [0.717, 1.165) is 26.7 Å². The van der Waals surface area contributed by atoms with Gasteiger partial charge in [0.05, 0.1) is 16.2 Å². The van der Waals surface area contributed by atoms with Crippen LogP contribution >= 0.6 is 38.9 Å². The Morgan fingerprint density at radius 2 is 2.16 bits per heavy atom. The summed E-state index contributed by atoms with van der Waals surface area (Å²) in [6.07, 6.45) is 0. The number of nitrogens with zero attached hydrogens (tertiary/aromatic N) is 2. The van der Waals surface area contributed by atoms with Gasteiger partial charge >= 0.3 is 0 Å². The largest absolute Gasteiger partial charge is 0.336 e. The molecule has 0 spiro atoms. The summed E-state index contributed by atoms with van der Waals surface area (Å²) in [5.41, 5.74) is 1.70. The lowest BCUT2D eigenvalue weighted by molar-refractivity contribution is 0.555. The summed E-state index contributed by atoms with van der Waals surface area (Å²) in [6.45, 7) is 4.15. The molecule has 0 atom stereocenters. The predicted molar refractivity (Wildman–Crippen MR) is 84.5 cm³/mol. The Bertz CT molecular complexity index is 678. The molecule has 3 nitrogen and oxygen atoms in total. The van der Waals surface area contributed by atoms with Gasteiger partial charge in [-0.15, -0.1) is 11.3 Å². The Hall–Kier alpha value is -0.910. The minimum absolute atomic E-state index is 0.320. The van der Waals surface area contributed by atoms with Crippen LogP contribution in [0.4, 0.5) is 5.69 Å². The van der Waals surface area contributed by atoms with E-state index < -0.39 is 0 Å². The molecule has 1 aliphatic rings. The van der Waals surface area contributed by atoms with Gasteiger partial charge in [-0.05, 0) is 35.8 Å². The standard InChI is InChI=1S/C13H11BrClN3S/c1-13(2)7-4-3-5-8(15)10(7)17-11(18-13)12-16-9(14)6-19-12/h3-6H,1-2H3,(H,17,18). The smallest absolute Gasteiger partial charge is 0.163 e. The molecule has 3 rings (SSSR count). The molecule has 0 saturated heterocycles. The number of halogens is 2. The van der Waals surface area contributed by atoms with Gasteiger partial charge in [-0.2, -0.15) is 0 Å². The summed E-state index contributed by atoms with van der Waals surface area (Å²) in [5.74, 6) is 0.765. The number of amidine groups is 1. The Balaban J connectivity index is 2.13. The van der Waals surface area contributed by atoms with Crippen molar-refractivity contribution in [3.63, 3.8) is 0 Å². The third-order valence-corrected chi connectivity index (χ3v) is 4.86. The topological polar surface area (TPSA) is 37.3 Å². The first-order valence-electron chi connectivity index (χ1n) is 5.74. The lowest BCUT2D eigenvalue weighted by Crippen LogP contribution is -2.29. The first kappa shape index (κ1) is 13.1. The molecule has 0 unspecified atom stereocenters. The van der Waals surface area contributed by atoms with Crippen LogP contribution in [0.1, 0.15) is 24.4 Å². The molecule has 0 saturated carbocycles. The van der Waals surface area contributed by atoms with Crippen LogP contribution in [-0.4, -0.2) is 10.8 Å². The molecule has 0 radical (unpaired) electrons. The zero-order chi connectivity index (χ0) is 13.6. The Labute approximate surface area is 128 Å². The minimum atomic E-state index is -0.320. The Morgan fingerprint density at radius 1 is 1.37 bits per heavy atom. The van der Waals surface area contributed by atoms with E-state index in [1.807, 2.05) is 23.6 Å². The fourth-order valence-electron chi connectivity index (χ4n) is 2.11. The van der Waals surface area contributed by atoms with Gasteiger partial charge in [0.25, 0.3) is 0 Å². The lowest BCUT2D eigenvalue weighted by Gasteiger charge is -2.30. The van der Waals surface area contributed by atoms with Crippen molar-refractivity contribution >= 4 is 50.4 Å². The first-order valence-corrected chi connectivity index (χ1v) is 7.80. The number of aromatic nitrogens is 1. The molecule has 1 aliphatic heterocycles. The highest BCUT2D eigenvalue weighted by Crippen LogP contribution is 2.39. The summed E-state index contributed by atoms with van der Waals surface area (Å²) in [4.78, 5) is 9.16. The van der Waals surface area contributed by atoms with Crippen LogP contribution in [0.25, 0.3) is 0 Å². The second-order valence-corrected chi connectivity index (χ2v) is 6.86. The fourth-order valence-corrected chi connectivity index (χ4v) is 3.53. The zero-order valence-corrected chi connectivity index (χ0v) is 13.5. The van der Waals surface area contributed by atoms with Crippen LogP contribution in [0.5, 0.6) is 0 Å². The quantitative estimate of drug-likeness (QED) is 0.806. The van der Waals surface area contributed by atoms with Crippen molar-refractivity contribution in [2.75, 3.05) is 5.32 Å². The van der Waals surface area contributed by atoms with Gasteiger partial charge in [0.2, 0.25) is 0 Å². The van der Waals surface area contributed by atoms with Crippen LogP contribution in [0.3, 0.4) is 0 Å². The summed E-state index contributed by atoms with van der Waals surface area (Å²) in [6, 6.07) is 5.88. The van der Waals surface area contributed by atoms with E-state index in [9.17, 15) is 0 Å². The van der Waals surface area contributed by atoms with Gasteiger partial charge in [-0.25, -0.2) is 4.98 Å². The number of hydrogen-bond donors (Lipinski definition) is 1. The number of fused-ring (bicyclic) bond motifs is 1. The molecule has 6 heteroatoms. The van der Waals surface area contributed by atoms with Crippen LogP contribution < -0.4 is 5.32 Å². The number of rotatable bonds is 1. The van der Waals surface area contributed by atoms with Crippen molar-refractivity contribution in [2.24, 2.45) is 4.99 Å². The summed E-state index contributed by atoms with van der Waals surface area (Å²) >= 11 is 11.2. The molecule has 0 amide bonds. The van der Waals surface area contributed by atoms with Crippen LogP contribution in [0.15, 0.2) is 33.2 Å². The minimum Gasteiger partial charge on any atom is -0.336 e. The molecule has 19 heavy (non-hydrogen) atoms. The van der Waals surface area contributed by atoms with Crippen LogP contribution in [0.2, 0.25) is 5.02 Å². The maximum Gasteiger partial charge on any atom is 0.163 e. The van der Waals surface area contributed by atoms with E-state index in [1.165, 1.54) is 0 Å². The van der Waals surface area contributed by atoms with E-state index in [1.54, 1.807) is 11.3 Å². The summed E-state index contributed by atoms with van der Waals surface area (Å²) in [5, 5.41) is 6.79. The van der Waals surface area contributed by atoms with E-state index >= 15 is 0 Å². The molecule has 0 aliphatic carbocycles. The molecule has 2 aromatic rings. The number of benzene rings is 1. The average molecular weight is 357 g/mol. The highest BCUT2D eigenvalue weighted by molar-refractivity contribution is 9.10. The molecule has 1 N–H and O–H groups in total. The molecule has 1 aromatic heterocycles. The van der Waals surface area contributed by atoms with Gasteiger partial charge in [0, 0.05) is 10.9 Å². The molecule has 2 heterocycles. The number of nitrogens with one attached hydrogen (secondary N) is 1. The normalized spacial score (nSPS) is 16.5. The van der Waals surface area contributed by atoms with Crippen molar-refractivity contribution in [3.8, 4) is 0 Å². The first-order chi connectivity index (χ1) is 8.97. The van der Waals surface area contributed by atoms with Crippen LogP contribution in [-0.2, 0) is 5.54 Å². The molecule has 0 bridgehead atoms. The van der Waals surface area contributed by atoms with Gasteiger partial charge in [-0.1, -0.05) is 23.7 Å². The van der Waals surface area contributed by atoms with E-state index in [-0.39, 0.29) is 5.54 Å². The third kappa shape index (κ3) is 2.30. The number of hydrogen-bond acceptors (Lipinski definition) is 4. The number of para-hydroxylation sites is 1. The average Bonchev–Trinajstić information content (AvgIpc) is 2.76. The number of anilines is 1. The van der Waals surface area contributed by atoms with Crippen LogP contribution in [0, 0.1) is 0 Å². The molecule has 0 fully saturated rings. The Morgan fingerprint density at radius 3 is 2.84 bits per heavy atom. The van der Waals surface area contributed by atoms with E-state index in [4.69, 9.17) is 16.6 Å². The predicted octanol–water partition coefficient (Wildman–Crippen LogP) is 4.67. The summed E-state index contributed by atoms with van der Waals surface area (Å²) in [7, 11) is 0. The molecular formula is C13H11BrClN3S. The van der Waals surface area contributed by atoms with Gasteiger partial charge in [0.15, 0.2) is 10.8 Å². The van der Waals surface area contributed by atoms with Gasteiger partial charge < -0.3 is 5.32 Å². The molecular weight excluding hydrogens is 346 g/mol. The molecule has 98 valence electrons. The lowest BCUT2D eigenvalue weighted by atomic mass is 9.91. The van der Waals surface area contributed by atoms with Crippen molar-refractivity contribution in [1.29, 1.82) is 0 Å². The second kappa shape index (κ2) is 4.58. The summed E-state index contributed by atoms with van der Waals surface area (Å²) < 4.78 is 0.819. The SMILES string of the molecule is CC1(C)N=C(c2nc(Br)cs2)Nc2c(Cl)cccc21. The third-order valence-electron chi connectivity index (χ3n) is 2.99. The number of aliphatic imine (C=N–C) groups is 1. The van der Waals surface area contributed by atoms with Gasteiger partial charge in [-0.3, -0.25) is 4.99 Å². The van der Waals surface area contributed by atoms with Crippen molar-refractivity contribution in [2.45, 2.75) is 19.4 Å². The van der Waals surface area contributed by atoms with Crippen molar-refractivity contribution < 1.29 is 0 Å². The second-order valence-electron chi connectivity index (χ2n) is 4.78. The van der Waals surface area contributed by atoms with E-state index in [0.29, 0.717) is 5.02 Å². The highest BCUT2D eigenvalue weighted by Gasteiger charge is 2.30. The van der Waals surface area contributed by atoms with Crippen molar-refractivity contribution in [3.05, 3.63) is 43.8 Å². The fraction of sp³-hybridized carbons (Fsp3) is 0.231. The van der Waals surface area contributed by atoms with E-state index in [2.05, 4.69) is 40.1 Å². The van der Waals surface area contributed by atoms with Gasteiger partial charge in [0.1, 0.15) is 4.60 Å². The molecule has 1 aromatic carbocycles. The zero-order valence-electron chi connectivity index (χ0n) is 10.4. The maximum absolute atomic E-state index is 6.28. The number of thiazole rings is 1. The highest BCUT2D eigenvalue weighted by atomic mass is 79.9. The Kier molecular flexibility index (Phi) is 3.15. The maximum atomic E-state index is 6.28.